The van der Waals surface area contributed by atoms with Crippen LogP contribution in [0.15, 0.2) is 0 Å². The molecule has 2 saturated heterocycles. The van der Waals surface area contributed by atoms with Crippen LogP contribution in [-0.4, -0.2) is 48.8 Å². The van der Waals surface area contributed by atoms with Gasteiger partial charge in [0, 0.05) is 37.8 Å². The van der Waals surface area contributed by atoms with Crippen LogP contribution in [0.1, 0.15) is 40.0 Å². The molecule has 2 rings (SSSR count). The lowest BCUT2D eigenvalue weighted by Crippen LogP contribution is -2.59. The Bertz CT molecular complexity index is 216. The number of rotatable bonds is 3. The van der Waals surface area contributed by atoms with Gasteiger partial charge < -0.3 is 10.1 Å². The fourth-order valence-electron chi connectivity index (χ4n) is 2.99. The average Bonchev–Trinajstić information content (AvgIpc) is 2.82. The van der Waals surface area contributed by atoms with Gasteiger partial charge in [0.1, 0.15) is 0 Å². The maximum absolute atomic E-state index is 5.82. The van der Waals surface area contributed by atoms with Gasteiger partial charge >= 0.3 is 0 Å². The fraction of sp³-hybridized carbons (Fsp3) is 1.00. The summed E-state index contributed by atoms with van der Waals surface area (Å²) in [5.41, 5.74) is 0. The van der Waals surface area contributed by atoms with Crippen molar-refractivity contribution in [3.8, 4) is 0 Å². The molecule has 2 fully saturated rings. The maximum Gasteiger partial charge on any atom is 0.0728 e. The lowest BCUT2D eigenvalue weighted by molar-refractivity contribution is -0.000527. The molecule has 1 N–H and O–H groups in total. The van der Waals surface area contributed by atoms with Crippen molar-refractivity contribution < 1.29 is 4.74 Å². The molecular formula is C13H26N2O. The van der Waals surface area contributed by atoms with Crippen LogP contribution in [0.2, 0.25) is 0 Å². The van der Waals surface area contributed by atoms with Crippen LogP contribution in [0.4, 0.5) is 0 Å². The van der Waals surface area contributed by atoms with E-state index >= 15 is 0 Å². The molecule has 94 valence electrons. The normalized spacial score (nSPS) is 38.8. The third kappa shape index (κ3) is 2.58. The molecule has 0 aromatic rings. The topological polar surface area (TPSA) is 24.5 Å². The highest BCUT2D eigenvalue weighted by Gasteiger charge is 2.33. The van der Waals surface area contributed by atoms with Crippen LogP contribution in [-0.2, 0) is 4.74 Å². The van der Waals surface area contributed by atoms with Gasteiger partial charge in [0.15, 0.2) is 0 Å². The Kier molecular flexibility index (Phi) is 4.22. The van der Waals surface area contributed by atoms with Gasteiger partial charge in [-0.3, -0.25) is 4.90 Å². The second-order valence-electron chi connectivity index (χ2n) is 5.35. The van der Waals surface area contributed by atoms with Crippen LogP contribution < -0.4 is 5.32 Å². The Morgan fingerprint density at radius 2 is 2.31 bits per heavy atom. The second kappa shape index (κ2) is 5.48. The Morgan fingerprint density at radius 1 is 1.50 bits per heavy atom. The predicted molar refractivity (Wildman–Crippen MR) is 66.7 cm³/mol. The summed E-state index contributed by atoms with van der Waals surface area (Å²) in [6.45, 7) is 10.2. The Balaban J connectivity index is 1.94. The molecule has 0 radical (unpaired) electrons. The molecule has 4 atom stereocenters. The quantitative estimate of drug-likeness (QED) is 0.791. The number of hydrogen-bond donors (Lipinski definition) is 1. The lowest BCUT2D eigenvalue weighted by atomic mass is 10.0. The van der Waals surface area contributed by atoms with Gasteiger partial charge in [-0.15, -0.1) is 0 Å². The number of hydrogen-bond acceptors (Lipinski definition) is 3. The van der Waals surface area contributed by atoms with E-state index in [1.165, 1.54) is 25.8 Å². The Hall–Kier alpha value is -0.120. The van der Waals surface area contributed by atoms with Gasteiger partial charge in [0.05, 0.1) is 6.10 Å². The first kappa shape index (κ1) is 12.3. The standard InChI is InChI=1S/C13H26N2O/c1-4-12-9-15(10(2)8-14-12)11(3)13-6-5-7-16-13/h10-14H,4-9H2,1-3H3. The van der Waals surface area contributed by atoms with Crippen LogP contribution >= 0.6 is 0 Å². The summed E-state index contributed by atoms with van der Waals surface area (Å²) in [4.78, 5) is 2.64. The maximum atomic E-state index is 5.82. The van der Waals surface area contributed by atoms with E-state index in [1.54, 1.807) is 0 Å². The zero-order valence-electron chi connectivity index (χ0n) is 10.9. The molecule has 0 saturated carbocycles. The van der Waals surface area contributed by atoms with Crippen molar-refractivity contribution in [3.05, 3.63) is 0 Å². The molecule has 16 heavy (non-hydrogen) atoms. The fourth-order valence-corrected chi connectivity index (χ4v) is 2.99. The van der Waals surface area contributed by atoms with Gasteiger partial charge in [-0.25, -0.2) is 0 Å². The molecule has 0 amide bonds. The highest BCUT2D eigenvalue weighted by atomic mass is 16.5. The summed E-state index contributed by atoms with van der Waals surface area (Å²) < 4.78 is 5.82. The van der Waals surface area contributed by atoms with Crippen molar-refractivity contribution in [1.29, 1.82) is 0 Å². The van der Waals surface area contributed by atoms with Crippen molar-refractivity contribution >= 4 is 0 Å². The SMILES string of the molecule is CCC1CN(C(C)C2CCCO2)C(C)CN1. The Morgan fingerprint density at radius 3 is 2.94 bits per heavy atom. The molecule has 3 heteroatoms. The molecule has 2 heterocycles. The molecule has 2 aliphatic heterocycles. The van der Waals surface area contributed by atoms with E-state index in [0.29, 0.717) is 24.2 Å². The van der Waals surface area contributed by atoms with Crippen molar-refractivity contribution in [1.82, 2.24) is 10.2 Å². The van der Waals surface area contributed by atoms with Crippen molar-refractivity contribution in [2.24, 2.45) is 0 Å². The van der Waals surface area contributed by atoms with E-state index in [2.05, 4.69) is 31.0 Å². The van der Waals surface area contributed by atoms with Gasteiger partial charge in [-0.1, -0.05) is 6.92 Å². The monoisotopic (exact) mass is 226 g/mol. The lowest BCUT2D eigenvalue weighted by Gasteiger charge is -2.43. The minimum absolute atomic E-state index is 0.470. The van der Waals surface area contributed by atoms with Crippen molar-refractivity contribution in [2.45, 2.75) is 64.3 Å². The van der Waals surface area contributed by atoms with Crippen LogP contribution in [0.3, 0.4) is 0 Å². The Labute approximate surface area is 99.5 Å². The van der Waals surface area contributed by atoms with Crippen LogP contribution in [0.5, 0.6) is 0 Å². The first-order valence-corrected chi connectivity index (χ1v) is 6.83. The molecule has 0 aromatic heterocycles. The van der Waals surface area contributed by atoms with Gasteiger partial charge in [0.2, 0.25) is 0 Å². The average molecular weight is 226 g/mol. The summed E-state index contributed by atoms with van der Waals surface area (Å²) >= 11 is 0. The summed E-state index contributed by atoms with van der Waals surface area (Å²) in [6, 6.07) is 1.88. The summed E-state index contributed by atoms with van der Waals surface area (Å²) in [7, 11) is 0. The predicted octanol–water partition coefficient (Wildman–Crippen LogP) is 1.63. The minimum atomic E-state index is 0.470. The van der Waals surface area contributed by atoms with Gasteiger partial charge in [0.25, 0.3) is 0 Å². The highest BCUT2D eigenvalue weighted by Crippen LogP contribution is 2.22. The third-order valence-electron chi connectivity index (χ3n) is 4.22. The highest BCUT2D eigenvalue weighted by molar-refractivity contribution is 4.89. The molecule has 0 bridgehead atoms. The van der Waals surface area contributed by atoms with Crippen molar-refractivity contribution in [2.75, 3.05) is 19.7 Å². The van der Waals surface area contributed by atoms with Crippen LogP contribution in [0.25, 0.3) is 0 Å². The zero-order chi connectivity index (χ0) is 11.5. The number of nitrogens with one attached hydrogen (secondary N) is 1. The van der Waals surface area contributed by atoms with E-state index in [-0.39, 0.29) is 0 Å². The molecular weight excluding hydrogens is 200 g/mol. The van der Waals surface area contributed by atoms with E-state index in [9.17, 15) is 0 Å². The number of ether oxygens (including phenoxy) is 1. The van der Waals surface area contributed by atoms with Crippen molar-refractivity contribution in [3.63, 3.8) is 0 Å². The van der Waals surface area contributed by atoms with Gasteiger partial charge in [-0.05, 0) is 33.1 Å². The van der Waals surface area contributed by atoms with E-state index in [0.717, 1.165) is 13.2 Å². The summed E-state index contributed by atoms with van der Waals surface area (Å²) in [6.07, 6.45) is 4.18. The second-order valence-corrected chi connectivity index (χ2v) is 5.35. The number of nitrogens with zero attached hydrogens (tertiary/aromatic N) is 1. The van der Waals surface area contributed by atoms with Gasteiger partial charge in [-0.2, -0.15) is 0 Å². The zero-order valence-corrected chi connectivity index (χ0v) is 10.9. The molecule has 0 aliphatic carbocycles. The summed E-state index contributed by atoms with van der Waals surface area (Å²) in [5.74, 6) is 0. The largest absolute Gasteiger partial charge is 0.377 e. The van der Waals surface area contributed by atoms with Crippen LogP contribution in [0, 0.1) is 0 Å². The van der Waals surface area contributed by atoms with E-state index in [1.807, 2.05) is 0 Å². The smallest absolute Gasteiger partial charge is 0.0728 e. The molecule has 4 unspecified atom stereocenters. The molecule has 2 aliphatic rings. The molecule has 0 spiro atoms. The first-order valence-electron chi connectivity index (χ1n) is 6.83. The summed E-state index contributed by atoms with van der Waals surface area (Å²) in [5, 5.41) is 3.61. The first-order chi connectivity index (χ1) is 7.72. The number of piperazine rings is 1. The molecule has 0 aromatic carbocycles. The van der Waals surface area contributed by atoms with E-state index < -0.39 is 0 Å². The third-order valence-corrected chi connectivity index (χ3v) is 4.22. The molecule has 3 nitrogen and oxygen atoms in total. The minimum Gasteiger partial charge on any atom is -0.377 e. The van der Waals surface area contributed by atoms with E-state index in [4.69, 9.17) is 4.74 Å².